The summed E-state index contributed by atoms with van der Waals surface area (Å²) in [6.45, 7) is 1.86. The molecule has 132 valence electrons. The van der Waals surface area contributed by atoms with Crippen LogP contribution in [0.4, 0.5) is 14.5 Å². The second-order valence-corrected chi connectivity index (χ2v) is 7.76. The number of carbonyl (C=O) groups is 1. The highest BCUT2D eigenvalue weighted by Gasteiger charge is 2.29. The van der Waals surface area contributed by atoms with Crippen LogP contribution >= 0.6 is 0 Å². The number of ketones is 1. The molecule has 1 unspecified atom stereocenters. The predicted molar refractivity (Wildman–Crippen MR) is 88.7 cm³/mol. The normalized spacial score (nSPS) is 16.6. The van der Waals surface area contributed by atoms with E-state index in [-0.39, 0.29) is 28.9 Å². The molecule has 1 atom stereocenters. The molecule has 0 spiro atoms. The first-order valence-electron chi connectivity index (χ1n) is 7.46. The van der Waals surface area contributed by atoms with Crippen LogP contribution < -0.4 is 9.46 Å². The maximum Gasteiger partial charge on any atom is 0.229 e. The molecule has 0 bridgehead atoms. The van der Waals surface area contributed by atoms with Crippen LogP contribution in [0.1, 0.15) is 35.2 Å². The van der Waals surface area contributed by atoms with Crippen LogP contribution in [0.15, 0.2) is 30.3 Å². The van der Waals surface area contributed by atoms with Crippen molar-refractivity contribution < 1.29 is 26.7 Å². The van der Waals surface area contributed by atoms with Crippen molar-refractivity contribution >= 4 is 21.5 Å². The minimum absolute atomic E-state index is 0.0304. The molecule has 0 saturated heterocycles. The van der Waals surface area contributed by atoms with Gasteiger partial charge in [-0.3, -0.25) is 9.52 Å². The summed E-state index contributed by atoms with van der Waals surface area (Å²) in [7, 11) is -3.63. The predicted octanol–water partition coefficient (Wildman–Crippen LogP) is 3.82. The van der Waals surface area contributed by atoms with Crippen molar-refractivity contribution in [3.63, 3.8) is 0 Å². The van der Waals surface area contributed by atoms with Gasteiger partial charge in [-0.2, -0.15) is 0 Å². The summed E-state index contributed by atoms with van der Waals surface area (Å²) in [5, 5.41) is 0. The van der Waals surface area contributed by atoms with Crippen molar-refractivity contribution in [1.82, 2.24) is 0 Å². The van der Waals surface area contributed by atoms with E-state index in [0.717, 1.165) is 18.4 Å². The van der Waals surface area contributed by atoms with Gasteiger partial charge in [0.25, 0.3) is 0 Å². The smallest absolute Gasteiger partial charge is 0.229 e. The zero-order valence-electron chi connectivity index (χ0n) is 13.5. The molecular weight excluding hydrogens is 352 g/mol. The molecule has 0 aliphatic heterocycles. The first-order chi connectivity index (χ1) is 11.6. The summed E-state index contributed by atoms with van der Waals surface area (Å²) < 4.78 is 57.8. The highest BCUT2D eigenvalue weighted by molar-refractivity contribution is 7.92. The van der Waals surface area contributed by atoms with Gasteiger partial charge in [-0.15, -0.1) is 0 Å². The van der Waals surface area contributed by atoms with Crippen LogP contribution in [-0.4, -0.2) is 20.5 Å². The molecule has 0 radical (unpaired) electrons. The van der Waals surface area contributed by atoms with Crippen LogP contribution in [0.5, 0.6) is 11.5 Å². The molecule has 5 nitrogen and oxygen atoms in total. The number of rotatable bonds is 4. The molecule has 8 heteroatoms. The van der Waals surface area contributed by atoms with Gasteiger partial charge < -0.3 is 4.74 Å². The van der Waals surface area contributed by atoms with Gasteiger partial charge in [0.15, 0.2) is 23.1 Å². The molecule has 3 rings (SSSR count). The fourth-order valence-electron chi connectivity index (χ4n) is 2.78. The number of fused-ring (bicyclic) bond motifs is 1. The Balaban J connectivity index is 2.10. The molecule has 0 fully saturated rings. The largest absolute Gasteiger partial charge is 0.452 e. The number of halogens is 2. The maximum atomic E-state index is 13.8. The molecule has 1 aliphatic carbocycles. The molecule has 0 aromatic heterocycles. The van der Waals surface area contributed by atoms with Gasteiger partial charge in [0, 0.05) is 18.1 Å². The fraction of sp³-hybridized carbons (Fsp3) is 0.235. The van der Waals surface area contributed by atoms with Gasteiger partial charge in [-0.1, -0.05) is 6.92 Å². The van der Waals surface area contributed by atoms with E-state index in [1.807, 2.05) is 6.92 Å². The third-order valence-electron chi connectivity index (χ3n) is 3.88. The van der Waals surface area contributed by atoms with Crippen molar-refractivity contribution in [2.45, 2.75) is 19.3 Å². The van der Waals surface area contributed by atoms with Crippen molar-refractivity contribution in [3.05, 3.63) is 53.1 Å². The maximum absolute atomic E-state index is 13.8. The number of ether oxygens (including phenoxy) is 1. The average molecular weight is 367 g/mol. The zero-order valence-corrected chi connectivity index (χ0v) is 14.3. The van der Waals surface area contributed by atoms with Crippen molar-refractivity contribution in [2.24, 2.45) is 0 Å². The Morgan fingerprint density at radius 1 is 1.16 bits per heavy atom. The van der Waals surface area contributed by atoms with Gasteiger partial charge in [-0.25, -0.2) is 17.2 Å². The number of anilines is 1. The Bertz CT molecular complexity index is 973. The third kappa shape index (κ3) is 3.63. The van der Waals surface area contributed by atoms with E-state index in [4.69, 9.17) is 4.74 Å². The van der Waals surface area contributed by atoms with Crippen molar-refractivity contribution in [3.8, 4) is 11.5 Å². The standard InChI is InChI=1S/C17H15F2NO4S/c1-9-5-15(21)12-8-17(14(7-11(9)12)20-25(2,22)23)24-16-4-3-10(18)6-13(16)19/h3-4,6-9,20H,5H2,1-2H3. The lowest BCUT2D eigenvalue weighted by molar-refractivity contribution is 0.0990. The van der Waals surface area contributed by atoms with Crippen LogP contribution in [-0.2, 0) is 10.0 Å². The summed E-state index contributed by atoms with van der Waals surface area (Å²) in [5.74, 6) is -2.17. The first-order valence-corrected chi connectivity index (χ1v) is 9.35. The SMILES string of the molecule is CC1CC(=O)c2cc(Oc3ccc(F)cc3F)c(NS(C)(=O)=O)cc21. The van der Waals surface area contributed by atoms with Gasteiger partial charge in [0.1, 0.15) is 5.82 Å². The Morgan fingerprint density at radius 2 is 1.88 bits per heavy atom. The van der Waals surface area contributed by atoms with Gasteiger partial charge in [0.2, 0.25) is 10.0 Å². The topological polar surface area (TPSA) is 72.5 Å². The fourth-order valence-corrected chi connectivity index (χ4v) is 3.34. The molecule has 1 N–H and O–H groups in total. The number of hydrogen-bond donors (Lipinski definition) is 1. The van der Waals surface area contributed by atoms with Crippen LogP contribution in [0.3, 0.4) is 0 Å². The summed E-state index contributed by atoms with van der Waals surface area (Å²) in [4.78, 5) is 12.1. The van der Waals surface area contributed by atoms with Crippen molar-refractivity contribution in [1.29, 1.82) is 0 Å². The number of hydrogen-bond acceptors (Lipinski definition) is 4. The molecule has 0 amide bonds. The highest BCUT2D eigenvalue weighted by atomic mass is 32.2. The molecule has 2 aromatic carbocycles. The lowest BCUT2D eigenvalue weighted by Crippen LogP contribution is -2.11. The summed E-state index contributed by atoms with van der Waals surface area (Å²) in [6, 6.07) is 5.66. The number of benzene rings is 2. The molecular formula is C17H15F2NO4S. The molecule has 0 heterocycles. The Morgan fingerprint density at radius 3 is 2.52 bits per heavy atom. The zero-order chi connectivity index (χ0) is 18.4. The monoisotopic (exact) mass is 367 g/mol. The minimum atomic E-state index is -3.63. The Kier molecular flexibility index (Phi) is 4.24. The number of sulfonamides is 1. The third-order valence-corrected chi connectivity index (χ3v) is 4.47. The van der Waals surface area contributed by atoms with Gasteiger partial charge >= 0.3 is 0 Å². The average Bonchev–Trinajstić information content (AvgIpc) is 2.75. The van der Waals surface area contributed by atoms with E-state index in [9.17, 15) is 22.0 Å². The van der Waals surface area contributed by atoms with E-state index in [2.05, 4.69) is 4.72 Å². The Labute approximate surface area is 143 Å². The summed E-state index contributed by atoms with van der Waals surface area (Å²) >= 11 is 0. The minimum Gasteiger partial charge on any atom is -0.452 e. The second kappa shape index (κ2) is 6.11. The Hall–Kier alpha value is -2.48. The van der Waals surface area contributed by atoms with Crippen molar-refractivity contribution in [2.75, 3.05) is 11.0 Å². The van der Waals surface area contributed by atoms with Gasteiger partial charge in [0.05, 0.1) is 11.9 Å². The quantitative estimate of drug-likeness (QED) is 0.892. The summed E-state index contributed by atoms with van der Waals surface area (Å²) in [6.07, 6.45) is 1.28. The molecule has 0 saturated carbocycles. The lowest BCUT2D eigenvalue weighted by atomic mass is 10.0. The highest BCUT2D eigenvalue weighted by Crippen LogP contribution is 2.41. The van der Waals surface area contributed by atoms with Crippen LogP contribution in [0.25, 0.3) is 0 Å². The number of carbonyl (C=O) groups excluding carboxylic acids is 1. The molecule has 1 aliphatic rings. The number of nitrogens with one attached hydrogen (secondary N) is 1. The van der Waals surface area contributed by atoms with E-state index in [0.29, 0.717) is 23.6 Å². The van der Waals surface area contributed by atoms with E-state index in [1.165, 1.54) is 12.1 Å². The molecule has 25 heavy (non-hydrogen) atoms. The van der Waals surface area contributed by atoms with Crippen LogP contribution in [0, 0.1) is 11.6 Å². The molecule has 2 aromatic rings. The van der Waals surface area contributed by atoms with E-state index in [1.54, 1.807) is 0 Å². The van der Waals surface area contributed by atoms with Gasteiger partial charge in [-0.05, 0) is 35.7 Å². The van der Waals surface area contributed by atoms with E-state index >= 15 is 0 Å². The number of Topliss-reactive ketones (excluding diaryl/α,β-unsaturated/α-hetero) is 1. The second-order valence-electron chi connectivity index (χ2n) is 6.01. The van der Waals surface area contributed by atoms with Crippen LogP contribution in [0.2, 0.25) is 0 Å². The lowest BCUT2D eigenvalue weighted by Gasteiger charge is -2.15. The van der Waals surface area contributed by atoms with E-state index < -0.39 is 21.7 Å². The first kappa shape index (κ1) is 17.3. The summed E-state index contributed by atoms with van der Waals surface area (Å²) in [5.41, 5.74) is 1.19.